The van der Waals surface area contributed by atoms with E-state index >= 15 is 0 Å². The minimum absolute atomic E-state index is 0.101. The van der Waals surface area contributed by atoms with E-state index in [4.69, 9.17) is 0 Å². The number of nitrogens with one attached hydrogen (secondary N) is 2. The normalized spacial score (nSPS) is 20.6. The molecule has 1 fully saturated rings. The number of nitrogens with zero attached hydrogens (tertiary/aromatic N) is 1. The van der Waals surface area contributed by atoms with Gasteiger partial charge >= 0.3 is 6.18 Å². The molecule has 1 aliphatic heterocycles. The Morgan fingerprint density at radius 1 is 1.43 bits per heavy atom. The number of alkyl halides is 3. The monoisotopic (exact) mass is 207 g/mol. The number of β-amino-alcohol motifs (C(OH)–C–C–N with tert-alkyl or cyclic N) is 1. The van der Waals surface area contributed by atoms with Crippen LogP contribution in [0.25, 0.3) is 0 Å². The number of aliphatic hydroxyl groups is 1. The predicted octanol–water partition coefficient (Wildman–Crippen LogP) is 0.219. The van der Waals surface area contributed by atoms with Gasteiger partial charge in [0.1, 0.15) is 5.60 Å². The van der Waals surface area contributed by atoms with Crippen molar-refractivity contribution in [2.45, 2.75) is 11.8 Å². The molecule has 14 heavy (non-hydrogen) atoms. The first kappa shape index (κ1) is 9.47. The second kappa shape index (κ2) is 2.71. The summed E-state index contributed by atoms with van der Waals surface area (Å²) >= 11 is 0. The van der Waals surface area contributed by atoms with E-state index in [1.165, 1.54) is 0 Å². The Morgan fingerprint density at radius 3 is 2.43 bits per heavy atom. The number of rotatable bonds is 1. The second-order valence-electron chi connectivity index (χ2n) is 3.30. The van der Waals surface area contributed by atoms with Gasteiger partial charge in [0, 0.05) is 13.1 Å². The summed E-state index contributed by atoms with van der Waals surface area (Å²) in [5, 5.41) is 17.7. The maximum absolute atomic E-state index is 12.1. The Hall–Kier alpha value is -1.08. The van der Waals surface area contributed by atoms with Crippen molar-refractivity contribution in [1.29, 1.82) is 0 Å². The van der Waals surface area contributed by atoms with Crippen LogP contribution in [0.1, 0.15) is 11.4 Å². The summed E-state index contributed by atoms with van der Waals surface area (Å²) in [6.07, 6.45) is -4.47. The lowest BCUT2D eigenvalue weighted by Gasteiger charge is -2.36. The van der Waals surface area contributed by atoms with Gasteiger partial charge < -0.3 is 10.4 Å². The Balaban J connectivity index is 2.26. The molecule has 1 aromatic rings. The number of aromatic nitrogens is 2. The third kappa shape index (κ3) is 1.38. The van der Waals surface area contributed by atoms with Gasteiger partial charge in [-0.3, -0.25) is 5.10 Å². The molecule has 0 radical (unpaired) electrons. The highest BCUT2D eigenvalue weighted by Gasteiger charge is 2.41. The topological polar surface area (TPSA) is 60.9 Å². The number of halogens is 3. The van der Waals surface area contributed by atoms with Gasteiger partial charge in [-0.25, -0.2) is 0 Å². The molecule has 1 aromatic heterocycles. The zero-order valence-electron chi connectivity index (χ0n) is 7.02. The molecule has 1 saturated heterocycles. The summed E-state index contributed by atoms with van der Waals surface area (Å²) in [5.41, 5.74) is -2.13. The quantitative estimate of drug-likeness (QED) is 0.617. The zero-order valence-corrected chi connectivity index (χ0v) is 7.02. The van der Waals surface area contributed by atoms with E-state index in [1.807, 2.05) is 0 Å². The molecule has 3 N–H and O–H groups in total. The molecular formula is C7H8F3N3O. The molecule has 4 nitrogen and oxygen atoms in total. The van der Waals surface area contributed by atoms with Crippen molar-refractivity contribution in [2.24, 2.45) is 0 Å². The molecule has 7 heteroatoms. The van der Waals surface area contributed by atoms with Crippen LogP contribution in [0.15, 0.2) is 6.07 Å². The fourth-order valence-electron chi connectivity index (χ4n) is 1.26. The van der Waals surface area contributed by atoms with Crippen LogP contribution in [-0.2, 0) is 11.8 Å². The number of aromatic amines is 1. The van der Waals surface area contributed by atoms with Crippen LogP contribution in [0.4, 0.5) is 13.2 Å². The highest BCUT2D eigenvalue weighted by atomic mass is 19.4. The van der Waals surface area contributed by atoms with E-state index in [1.54, 1.807) is 0 Å². The fourth-order valence-corrected chi connectivity index (χ4v) is 1.26. The average molecular weight is 207 g/mol. The minimum atomic E-state index is -4.47. The molecular weight excluding hydrogens is 199 g/mol. The predicted molar refractivity (Wildman–Crippen MR) is 40.4 cm³/mol. The lowest BCUT2D eigenvalue weighted by molar-refractivity contribution is -0.141. The Labute approximate surface area is 77.1 Å². The van der Waals surface area contributed by atoms with Crippen molar-refractivity contribution in [3.8, 4) is 0 Å². The van der Waals surface area contributed by atoms with Crippen LogP contribution in [0, 0.1) is 0 Å². The average Bonchev–Trinajstić information content (AvgIpc) is 2.46. The smallest absolute Gasteiger partial charge is 0.381 e. The number of hydrogen-bond donors (Lipinski definition) is 3. The number of hydrogen-bond acceptors (Lipinski definition) is 3. The first-order valence-corrected chi connectivity index (χ1v) is 3.98. The van der Waals surface area contributed by atoms with E-state index in [0.717, 1.165) is 6.07 Å². The van der Waals surface area contributed by atoms with Crippen molar-refractivity contribution >= 4 is 0 Å². The van der Waals surface area contributed by atoms with Gasteiger partial charge in [-0.15, -0.1) is 0 Å². The standard InChI is InChI=1S/C7H8F3N3O/c8-7(9,10)5-1-4(12-13-5)6(14)2-11-3-6/h1,11,14H,2-3H2,(H,12,13). The molecule has 1 aliphatic rings. The van der Waals surface area contributed by atoms with Gasteiger partial charge in [0.2, 0.25) is 0 Å². The van der Waals surface area contributed by atoms with E-state index < -0.39 is 17.5 Å². The van der Waals surface area contributed by atoms with E-state index in [2.05, 4.69) is 15.5 Å². The SMILES string of the molecule is OC1(c2cc(C(F)(F)F)n[nH]2)CNC1. The first-order valence-electron chi connectivity index (χ1n) is 3.98. The van der Waals surface area contributed by atoms with Crippen molar-refractivity contribution < 1.29 is 18.3 Å². The molecule has 0 spiro atoms. The third-order valence-electron chi connectivity index (χ3n) is 2.20. The van der Waals surface area contributed by atoms with E-state index in [-0.39, 0.29) is 18.8 Å². The van der Waals surface area contributed by atoms with Gasteiger partial charge in [-0.2, -0.15) is 18.3 Å². The summed E-state index contributed by atoms with van der Waals surface area (Å²) in [5.74, 6) is 0. The fraction of sp³-hybridized carbons (Fsp3) is 0.571. The Morgan fingerprint density at radius 2 is 2.07 bits per heavy atom. The van der Waals surface area contributed by atoms with Crippen molar-refractivity contribution in [1.82, 2.24) is 15.5 Å². The van der Waals surface area contributed by atoms with Gasteiger partial charge in [-0.05, 0) is 6.07 Å². The van der Waals surface area contributed by atoms with Gasteiger partial charge in [0.25, 0.3) is 0 Å². The molecule has 0 saturated carbocycles. The molecule has 0 amide bonds. The van der Waals surface area contributed by atoms with Gasteiger partial charge in [0.15, 0.2) is 5.69 Å². The zero-order chi connectivity index (χ0) is 10.4. The second-order valence-corrected chi connectivity index (χ2v) is 3.30. The maximum atomic E-state index is 12.1. The molecule has 0 atom stereocenters. The Bertz CT molecular complexity index is 342. The van der Waals surface area contributed by atoms with Gasteiger partial charge in [-0.1, -0.05) is 0 Å². The summed E-state index contributed by atoms with van der Waals surface area (Å²) in [6.45, 7) is 0.485. The lowest BCUT2D eigenvalue weighted by Crippen LogP contribution is -2.57. The summed E-state index contributed by atoms with van der Waals surface area (Å²) < 4.78 is 36.4. The largest absolute Gasteiger partial charge is 0.435 e. The van der Waals surface area contributed by atoms with Gasteiger partial charge in [0.05, 0.1) is 5.69 Å². The van der Waals surface area contributed by atoms with Crippen LogP contribution in [0.2, 0.25) is 0 Å². The Kier molecular flexibility index (Phi) is 1.83. The van der Waals surface area contributed by atoms with Crippen LogP contribution in [0.5, 0.6) is 0 Å². The molecule has 0 aromatic carbocycles. The van der Waals surface area contributed by atoms with Crippen LogP contribution >= 0.6 is 0 Å². The molecule has 2 heterocycles. The van der Waals surface area contributed by atoms with Crippen molar-refractivity contribution in [3.05, 3.63) is 17.5 Å². The highest BCUT2D eigenvalue weighted by molar-refractivity contribution is 5.21. The summed E-state index contributed by atoms with van der Waals surface area (Å²) in [7, 11) is 0. The van der Waals surface area contributed by atoms with Crippen molar-refractivity contribution in [3.63, 3.8) is 0 Å². The van der Waals surface area contributed by atoms with Crippen LogP contribution in [0.3, 0.4) is 0 Å². The molecule has 0 aliphatic carbocycles. The minimum Gasteiger partial charge on any atom is -0.381 e. The maximum Gasteiger partial charge on any atom is 0.435 e. The van der Waals surface area contributed by atoms with E-state index in [9.17, 15) is 18.3 Å². The van der Waals surface area contributed by atoms with Crippen LogP contribution < -0.4 is 5.32 Å². The first-order chi connectivity index (χ1) is 6.42. The number of H-pyrrole nitrogens is 1. The summed E-state index contributed by atoms with van der Waals surface area (Å²) in [4.78, 5) is 0. The molecule has 2 rings (SSSR count). The van der Waals surface area contributed by atoms with Crippen LogP contribution in [-0.4, -0.2) is 28.4 Å². The van der Waals surface area contributed by atoms with E-state index in [0.29, 0.717) is 0 Å². The molecule has 78 valence electrons. The third-order valence-corrected chi connectivity index (χ3v) is 2.20. The lowest BCUT2D eigenvalue weighted by atomic mass is 9.93. The highest BCUT2D eigenvalue weighted by Crippen LogP contribution is 2.31. The molecule has 0 unspecified atom stereocenters. The van der Waals surface area contributed by atoms with Crippen molar-refractivity contribution in [2.75, 3.05) is 13.1 Å². The molecule has 0 bridgehead atoms. The summed E-state index contributed by atoms with van der Waals surface area (Å²) in [6, 6.07) is 0.834.